The number of phosphoric ester groups is 1. The number of halogens is 1. The van der Waals surface area contributed by atoms with Crippen LogP contribution in [-0.2, 0) is 18.9 Å². The van der Waals surface area contributed by atoms with Crippen molar-refractivity contribution in [3.8, 4) is 5.75 Å². The Morgan fingerprint density at radius 1 is 0.946 bits per heavy atom. The summed E-state index contributed by atoms with van der Waals surface area (Å²) in [6.45, 7) is -0.601. The molecule has 9 nitrogen and oxygen atoms in total. The van der Waals surface area contributed by atoms with Crippen LogP contribution in [0.3, 0.4) is 0 Å². The minimum Gasteiger partial charge on any atom is -0.780 e. The molecular formula is C22H22FNa4O9P. The Bertz CT molecular complexity index is 1000. The van der Waals surface area contributed by atoms with E-state index in [1.165, 1.54) is 24.6 Å². The maximum absolute atomic E-state index is 14.3. The third-order valence-electron chi connectivity index (χ3n) is 6.93. The van der Waals surface area contributed by atoms with E-state index in [1.54, 1.807) is 6.07 Å². The summed E-state index contributed by atoms with van der Waals surface area (Å²) in [6.07, 6.45) is 3.95. The predicted molar refractivity (Wildman–Crippen MR) is 103 cm³/mol. The zero-order valence-corrected chi connectivity index (χ0v) is 30.5. The average Bonchev–Trinajstić information content (AvgIpc) is 2.70. The smallest absolute Gasteiger partial charge is 0.780 e. The Morgan fingerprint density at radius 2 is 1.46 bits per heavy atom. The third-order valence-corrected chi connectivity index (χ3v) is 7.37. The summed E-state index contributed by atoms with van der Waals surface area (Å²) in [7, 11) is -5.31. The summed E-state index contributed by atoms with van der Waals surface area (Å²) >= 11 is 0. The number of ether oxygens (including phenoxy) is 1. The van der Waals surface area contributed by atoms with Gasteiger partial charge >= 0.3 is 118 Å². The molecule has 0 radical (unpaired) electrons. The van der Waals surface area contributed by atoms with Gasteiger partial charge in [0.25, 0.3) is 0 Å². The fraction of sp³-hybridized carbons (Fsp3) is 0.545. The van der Waals surface area contributed by atoms with Crippen molar-refractivity contribution in [2.24, 2.45) is 23.7 Å². The summed E-state index contributed by atoms with van der Waals surface area (Å²) in [5, 5.41) is 22.0. The van der Waals surface area contributed by atoms with E-state index in [-0.39, 0.29) is 136 Å². The topological polar surface area (TPSA) is 162 Å². The molecule has 0 spiro atoms. The number of carboxylic acids is 2. The molecule has 0 aliphatic heterocycles. The van der Waals surface area contributed by atoms with Crippen molar-refractivity contribution in [3.63, 3.8) is 0 Å². The van der Waals surface area contributed by atoms with E-state index < -0.39 is 38.5 Å². The molecule has 15 heteroatoms. The van der Waals surface area contributed by atoms with Crippen molar-refractivity contribution in [1.82, 2.24) is 0 Å². The SMILES string of the molecule is O=C([O-])C(F)(CCOC(=C1C2CC3CC(C2)CC1C3)c1cccc(OP(=O)([O-])[O-])c1)C(=O)[O-].[Na+].[Na+].[Na+].[Na+]. The first-order chi connectivity index (χ1) is 15.5. The molecule has 180 valence electrons. The van der Waals surface area contributed by atoms with Crippen LogP contribution in [0.15, 0.2) is 29.8 Å². The Labute approximate surface area is 303 Å². The molecule has 0 aromatic heterocycles. The van der Waals surface area contributed by atoms with Gasteiger partial charge in [0, 0.05) is 12.0 Å². The van der Waals surface area contributed by atoms with E-state index in [1.807, 2.05) is 0 Å². The van der Waals surface area contributed by atoms with Crippen molar-refractivity contribution < 1.29 is 166 Å². The van der Waals surface area contributed by atoms with Crippen LogP contribution in [0.4, 0.5) is 4.39 Å². The monoisotopic (exact) mass is 572 g/mol. The molecule has 4 aliphatic rings. The number of hydrogen-bond donors (Lipinski definition) is 0. The zero-order valence-electron chi connectivity index (χ0n) is 21.6. The number of alkyl halides is 1. The van der Waals surface area contributed by atoms with E-state index in [9.17, 15) is 38.5 Å². The molecule has 0 saturated heterocycles. The van der Waals surface area contributed by atoms with E-state index >= 15 is 0 Å². The molecule has 0 unspecified atom stereocenters. The first-order valence-electron chi connectivity index (χ1n) is 10.8. The minimum atomic E-state index is -5.31. The van der Waals surface area contributed by atoms with E-state index in [0.29, 0.717) is 23.2 Å². The van der Waals surface area contributed by atoms with Crippen LogP contribution in [0, 0.1) is 23.7 Å². The molecule has 4 aliphatic carbocycles. The van der Waals surface area contributed by atoms with Crippen LogP contribution in [0.2, 0.25) is 0 Å². The zero-order chi connectivity index (χ0) is 24.0. The number of phosphoric acid groups is 1. The molecule has 0 N–H and O–H groups in total. The summed E-state index contributed by atoms with van der Waals surface area (Å²) in [5.41, 5.74) is -2.38. The van der Waals surface area contributed by atoms with Gasteiger partial charge in [-0.1, -0.05) is 12.1 Å². The quantitative estimate of drug-likeness (QED) is 0.121. The number of benzene rings is 1. The van der Waals surface area contributed by atoms with Crippen LogP contribution in [0.25, 0.3) is 5.76 Å². The molecule has 4 fully saturated rings. The van der Waals surface area contributed by atoms with Crippen LogP contribution < -0.4 is 143 Å². The van der Waals surface area contributed by atoms with E-state index in [4.69, 9.17) is 4.74 Å². The maximum atomic E-state index is 14.3. The van der Waals surface area contributed by atoms with E-state index in [2.05, 4.69) is 4.52 Å². The van der Waals surface area contributed by atoms with Gasteiger partial charge in [0.2, 0.25) is 0 Å². The summed E-state index contributed by atoms with van der Waals surface area (Å²) in [4.78, 5) is 44.1. The molecule has 0 heterocycles. The third kappa shape index (κ3) is 9.29. The molecule has 1 aromatic rings. The number of allylic oxidation sites excluding steroid dienone is 1. The molecule has 1 aromatic carbocycles. The van der Waals surface area contributed by atoms with Gasteiger partial charge in [0.1, 0.15) is 19.3 Å². The molecule has 4 bridgehead atoms. The molecule has 5 rings (SSSR count). The summed E-state index contributed by atoms with van der Waals surface area (Å²) in [5.74, 6) is -3.16. The van der Waals surface area contributed by atoms with Crippen LogP contribution in [0.1, 0.15) is 44.1 Å². The number of carbonyl (C=O) groups excluding carboxylic acids is 2. The first kappa shape index (κ1) is 38.6. The number of rotatable bonds is 9. The second kappa shape index (κ2) is 15.7. The Kier molecular flexibility index (Phi) is 16.4. The normalized spacial score (nSPS) is 23.4. The number of hydrogen-bond acceptors (Lipinski definition) is 9. The van der Waals surface area contributed by atoms with Gasteiger partial charge in [-0.2, -0.15) is 0 Å². The van der Waals surface area contributed by atoms with Crippen molar-refractivity contribution in [2.45, 2.75) is 44.2 Å². The maximum Gasteiger partial charge on any atom is 1.00 e. The Hall–Kier alpha value is 1.58. The summed E-state index contributed by atoms with van der Waals surface area (Å²) in [6, 6.07) is 5.64. The van der Waals surface area contributed by atoms with E-state index in [0.717, 1.165) is 31.3 Å². The van der Waals surface area contributed by atoms with Gasteiger partial charge in [-0.15, -0.1) is 0 Å². The first-order valence-corrected chi connectivity index (χ1v) is 12.2. The number of carbonyl (C=O) groups is 2. The van der Waals surface area contributed by atoms with Crippen molar-refractivity contribution in [2.75, 3.05) is 6.61 Å². The molecule has 4 saturated carbocycles. The van der Waals surface area contributed by atoms with Gasteiger partial charge in [-0.05, 0) is 73.5 Å². The minimum absolute atomic E-state index is 0. The molecule has 0 atom stereocenters. The number of aliphatic carboxylic acids is 2. The van der Waals surface area contributed by atoms with Crippen molar-refractivity contribution >= 4 is 25.5 Å². The largest absolute Gasteiger partial charge is 1.00 e. The Balaban J connectivity index is 0.00000324. The van der Waals surface area contributed by atoms with Gasteiger partial charge in [-0.3, -0.25) is 0 Å². The average molecular weight is 572 g/mol. The Morgan fingerprint density at radius 3 is 1.92 bits per heavy atom. The van der Waals surface area contributed by atoms with Crippen molar-refractivity contribution in [3.05, 3.63) is 35.4 Å². The van der Waals surface area contributed by atoms with Crippen LogP contribution >= 0.6 is 7.82 Å². The summed E-state index contributed by atoms with van der Waals surface area (Å²) < 4.78 is 35.6. The van der Waals surface area contributed by atoms with Gasteiger partial charge < -0.3 is 43.4 Å². The van der Waals surface area contributed by atoms with Crippen LogP contribution in [-0.4, -0.2) is 24.2 Å². The second-order valence-corrected chi connectivity index (χ2v) is 10.2. The molecule has 37 heavy (non-hydrogen) atoms. The van der Waals surface area contributed by atoms with Crippen LogP contribution in [0.5, 0.6) is 5.75 Å². The second-order valence-electron chi connectivity index (χ2n) is 9.13. The predicted octanol–water partition coefficient (Wildman–Crippen LogP) is -12.3. The fourth-order valence-corrected chi connectivity index (χ4v) is 6.17. The standard InChI is InChI=1S/C22H26FO9P.4Na/c23-22(20(24)25,21(26)27)4-5-31-19(14-2-1-3-17(11-14)32-33(28,29)30)18-15-7-12-6-13(9-15)10-16(18)8-12;;;;/h1-3,11-13,15-16H,4-10H2,(H,24,25)(H,26,27)(H2,28,29,30);;;;/q;4*+1/p-4. The van der Waals surface area contributed by atoms with Gasteiger partial charge in [0.05, 0.1) is 18.5 Å². The van der Waals surface area contributed by atoms with Gasteiger partial charge in [0.15, 0.2) is 5.67 Å². The molecule has 0 amide bonds. The van der Waals surface area contributed by atoms with Gasteiger partial charge in [-0.25, -0.2) is 4.39 Å². The number of carboxylic acid groups (broad SMARTS) is 2. The molecular weight excluding hydrogens is 550 g/mol. The fourth-order valence-electron chi connectivity index (χ4n) is 5.80. The van der Waals surface area contributed by atoms with Crippen molar-refractivity contribution in [1.29, 1.82) is 0 Å².